The second-order valence-corrected chi connectivity index (χ2v) is 5.45. The van der Waals surface area contributed by atoms with Crippen molar-refractivity contribution < 1.29 is 0 Å². The lowest BCUT2D eigenvalue weighted by Gasteiger charge is -2.28. The number of hydrogen-bond donors (Lipinski definition) is 0. The van der Waals surface area contributed by atoms with Crippen LogP contribution < -0.4 is 4.90 Å². The van der Waals surface area contributed by atoms with Crippen LogP contribution in [0.3, 0.4) is 0 Å². The first-order chi connectivity index (χ1) is 8.63. The number of rotatable bonds is 4. The molecule has 0 unspecified atom stereocenters. The van der Waals surface area contributed by atoms with Crippen molar-refractivity contribution >= 4 is 5.82 Å². The first kappa shape index (κ1) is 13.3. The van der Waals surface area contributed by atoms with Crippen LogP contribution in [0.4, 0.5) is 5.82 Å². The Bertz CT molecular complexity index is 372. The summed E-state index contributed by atoms with van der Waals surface area (Å²) in [6.45, 7) is 8.93. The average Bonchev–Trinajstić information content (AvgIpc) is 2.87. The standard InChI is InChI=1S/C15H25N3/c1-5-17(4)15-9-8-13(11-16-15)14-7-6-10-18(14)12(2)3/h8-9,11-12,14H,5-7,10H2,1-4H3/t14-/m0/s1. The van der Waals surface area contributed by atoms with Gasteiger partial charge >= 0.3 is 0 Å². The monoisotopic (exact) mass is 247 g/mol. The van der Waals surface area contributed by atoms with Crippen LogP contribution in [0.2, 0.25) is 0 Å². The zero-order chi connectivity index (χ0) is 13.1. The van der Waals surface area contributed by atoms with E-state index in [-0.39, 0.29) is 0 Å². The third kappa shape index (κ3) is 2.66. The van der Waals surface area contributed by atoms with Crippen LogP contribution in [0, 0.1) is 0 Å². The minimum atomic E-state index is 0.568. The van der Waals surface area contributed by atoms with Gasteiger partial charge in [-0.2, -0.15) is 0 Å². The van der Waals surface area contributed by atoms with Gasteiger partial charge < -0.3 is 4.90 Å². The molecule has 0 saturated carbocycles. The molecule has 1 saturated heterocycles. The van der Waals surface area contributed by atoms with E-state index in [0.29, 0.717) is 12.1 Å². The van der Waals surface area contributed by atoms with E-state index in [2.05, 4.69) is 60.9 Å². The molecule has 1 aromatic heterocycles. The minimum Gasteiger partial charge on any atom is -0.360 e. The zero-order valence-corrected chi connectivity index (χ0v) is 12.1. The van der Waals surface area contributed by atoms with Gasteiger partial charge in [0.2, 0.25) is 0 Å². The lowest BCUT2D eigenvalue weighted by Crippen LogP contribution is -2.30. The van der Waals surface area contributed by atoms with Crippen molar-refractivity contribution in [2.75, 3.05) is 25.0 Å². The molecule has 0 spiro atoms. The quantitative estimate of drug-likeness (QED) is 0.815. The third-order valence-electron chi connectivity index (χ3n) is 3.98. The van der Waals surface area contributed by atoms with Gasteiger partial charge in [0.25, 0.3) is 0 Å². The Hall–Kier alpha value is -1.09. The molecule has 18 heavy (non-hydrogen) atoms. The maximum atomic E-state index is 4.59. The molecule has 1 aliphatic rings. The first-order valence-corrected chi connectivity index (χ1v) is 7.06. The van der Waals surface area contributed by atoms with E-state index in [0.717, 1.165) is 12.4 Å². The number of likely N-dealkylation sites (tertiary alicyclic amines) is 1. The molecule has 3 nitrogen and oxygen atoms in total. The predicted molar refractivity (Wildman–Crippen MR) is 77.0 cm³/mol. The summed E-state index contributed by atoms with van der Waals surface area (Å²) in [5.41, 5.74) is 1.37. The molecule has 0 aliphatic carbocycles. The molecule has 1 fully saturated rings. The topological polar surface area (TPSA) is 19.4 Å². The molecule has 0 N–H and O–H groups in total. The molecule has 0 aromatic carbocycles. The van der Waals surface area contributed by atoms with Gasteiger partial charge in [-0.25, -0.2) is 4.98 Å². The molecular weight excluding hydrogens is 222 g/mol. The van der Waals surface area contributed by atoms with Crippen molar-refractivity contribution in [3.05, 3.63) is 23.9 Å². The third-order valence-corrected chi connectivity index (χ3v) is 3.98. The van der Waals surface area contributed by atoms with Gasteiger partial charge in [-0.05, 0) is 51.8 Å². The largest absolute Gasteiger partial charge is 0.360 e. The summed E-state index contributed by atoms with van der Waals surface area (Å²) >= 11 is 0. The Kier molecular flexibility index (Phi) is 4.23. The molecule has 100 valence electrons. The van der Waals surface area contributed by atoms with Crippen molar-refractivity contribution in [1.29, 1.82) is 0 Å². The summed E-state index contributed by atoms with van der Waals surface area (Å²) in [6.07, 6.45) is 4.63. The highest BCUT2D eigenvalue weighted by atomic mass is 15.2. The fourth-order valence-electron chi connectivity index (χ4n) is 2.75. The summed E-state index contributed by atoms with van der Waals surface area (Å²) in [6, 6.07) is 5.59. The van der Waals surface area contributed by atoms with Crippen molar-refractivity contribution in [2.45, 2.75) is 45.7 Å². The number of nitrogens with zero attached hydrogens (tertiary/aromatic N) is 3. The van der Waals surface area contributed by atoms with Crippen molar-refractivity contribution in [2.24, 2.45) is 0 Å². The predicted octanol–water partition coefficient (Wildman–Crippen LogP) is 3.08. The van der Waals surface area contributed by atoms with Crippen LogP contribution in [-0.2, 0) is 0 Å². The molecular formula is C15H25N3. The van der Waals surface area contributed by atoms with E-state index >= 15 is 0 Å². The summed E-state index contributed by atoms with van der Waals surface area (Å²) < 4.78 is 0. The highest BCUT2D eigenvalue weighted by Crippen LogP contribution is 2.33. The second-order valence-electron chi connectivity index (χ2n) is 5.45. The Morgan fingerprint density at radius 2 is 2.22 bits per heavy atom. The van der Waals surface area contributed by atoms with Crippen LogP contribution in [0.15, 0.2) is 18.3 Å². The van der Waals surface area contributed by atoms with Gasteiger partial charge in [-0.1, -0.05) is 6.07 Å². The SMILES string of the molecule is CCN(C)c1ccc([C@@H]2CCCN2C(C)C)cn1. The average molecular weight is 247 g/mol. The van der Waals surface area contributed by atoms with Crippen LogP contribution in [-0.4, -0.2) is 36.1 Å². The fourth-order valence-corrected chi connectivity index (χ4v) is 2.75. The summed E-state index contributed by atoms with van der Waals surface area (Å²) in [5, 5.41) is 0. The number of anilines is 1. The van der Waals surface area contributed by atoms with Crippen LogP contribution in [0.1, 0.15) is 45.2 Å². The molecule has 2 heterocycles. The van der Waals surface area contributed by atoms with Crippen LogP contribution in [0.5, 0.6) is 0 Å². The number of hydrogen-bond acceptors (Lipinski definition) is 3. The van der Waals surface area contributed by atoms with Gasteiger partial charge in [-0.15, -0.1) is 0 Å². The van der Waals surface area contributed by atoms with E-state index < -0.39 is 0 Å². The van der Waals surface area contributed by atoms with Crippen LogP contribution in [0.25, 0.3) is 0 Å². The van der Waals surface area contributed by atoms with Gasteiger partial charge in [0.15, 0.2) is 0 Å². The number of aromatic nitrogens is 1. The Balaban J connectivity index is 2.14. The smallest absolute Gasteiger partial charge is 0.128 e. The van der Waals surface area contributed by atoms with Gasteiger partial charge in [-0.3, -0.25) is 4.90 Å². The molecule has 1 aromatic rings. The Labute approximate surface area is 111 Å². The first-order valence-electron chi connectivity index (χ1n) is 7.06. The van der Waals surface area contributed by atoms with Crippen LogP contribution >= 0.6 is 0 Å². The van der Waals surface area contributed by atoms with Gasteiger partial charge in [0.1, 0.15) is 5.82 Å². The van der Waals surface area contributed by atoms with E-state index in [9.17, 15) is 0 Å². The maximum absolute atomic E-state index is 4.59. The summed E-state index contributed by atoms with van der Waals surface area (Å²) in [7, 11) is 2.08. The normalized spacial score (nSPS) is 20.6. The summed E-state index contributed by atoms with van der Waals surface area (Å²) in [4.78, 5) is 9.34. The van der Waals surface area contributed by atoms with Crippen molar-refractivity contribution in [1.82, 2.24) is 9.88 Å². The maximum Gasteiger partial charge on any atom is 0.128 e. The number of pyridine rings is 1. The highest BCUT2D eigenvalue weighted by Gasteiger charge is 2.27. The Morgan fingerprint density at radius 1 is 1.44 bits per heavy atom. The molecule has 0 radical (unpaired) electrons. The lowest BCUT2D eigenvalue weighted by atomic mass is 10.1. The zero-order valence-electron chi connectivity index (χ0n) is 12.1. The second kappa shape index (κ2) is 5.70. The molecule has 2 rings (SSSR count). The molecule has 3 heteroatoms. The summed E-state index contributed by atoms with van der Waals surface area (Å²) in [5.74, 6) is 1.07. The fraction of sp³-hybridized carbons (Fsp3) is 0.667. The van der Waals surface area contributed by atoms with Gasteiger partial charge in [0.05, 0.1) is 0 Å². The highest BCUT2D eigenvalue weighted by molar-refractivity contribution is 5.38. The Morgan fingerprint density at radius 3 is 2.78 bits per heavy atom. The van der Waals surface area contributed by atoms with E-state index in [1.54, 1.807) is 0 Å². The minimum absolute atomic E-state index is 0.568. The van der Waals surface area contributed by atoms with Gasteiger partial charge in [0, 0.05) is 31.9 Å². The molecule has 0 bridgehead atoms. The molecule has 1 aliphatic heterocycles. The van der Waals surface area contributed by atoms with E-state index in [4.69, 9.17) is 0 Å². The van der Waals surface area contributed by atoms with E-state index in [1.165, 1.54) is 24.9 Å². The molecule has 0 amide bonds. The van der Waals surface area contributed by atoms with Crippen molar-refractivity contribution in [3.8, 4) is 0 Å². The van der Waals surface area contributed by atoms with Crippen molar-refractivity contribution in [3.63, 3.8) is 0 Å². The molecule has 1 atom stereocenters. The lowest BCUT2D eigenvalue weighted by molar-refractivity contribution is 0.205. The van der Waals surface area contributed by atoms with E-state index in [1.807, 2.05) is 0 Å².